The number of carboxylic acids is 2. The van der Waals surface area contributed by atoms with Crippen LogP contribution in [0.2, 0.25) is 5.02 Å². The molecular formula is C67H92ClFN14O14. The van der Waals surface area contributed by atoms with Gasteiger partial charge in [0.25, 0.3) is 0 Å². The molecule has 3 aromatic heterocycles. The van der Waals surface area contributed by atoms with E-state index in [0.717, 1.165) is 57.8 Å². The number of nitriles is 1. The molecule has 0 unspecified atom stereocenters. The van der Waals surface area contributed by atoms with Gasteiger partial charge in [-0.05, 0) is 105 Å². The van der Waals surface area contributed by atoms with E-state index >= 15 is 0 Å². The molecule has 0 saturated heterocycles. The number of nitrogens with two attached hydrogens (primary N) is 1. The lowest BCUT2D eigenvalue weighted by Crippen LogP contribution is -2.56. The van der Waals surface area contributed by atoms with Gasteiger partial charge in [-0.2, -0.15) is 10.4 Å². The van der Waals surface area contributed by atoms with Crippen molar-refractivity contribution in [3.8, 4) is 28.7 Å². The van der Waals surface area contributed by atoms with Crippen molar-refractivity contribution in [2.45, 2.75) is 192 Å². The summed E-state index contributed by atoms with van der Waals surface area (Å²) in [4.78, 5) is 123. The van der Waals surface area contributed by atoms with E-state index in [1.165, 1.54) is 54.6 Å². The number of carboxylic acid groups (broad SMARTS) is 2. The Hall–Kier alpha value is -9.11. The largest absolute Gasteiger partial charge is 0.481 e. The number of carbonyl (C=O) groups is 9. The number of aromatic nitrogens is 5. The SMILES string of the molecule is CC(C)C[C@H](NC(=O)CC[C@H](NC(=O)CCCCCCCCCCCCCCCCC(=O)O)C(=O)O)C(=O)N[C@@H](CO)C(=O)NCC(=O)N[C@@H](CCCCN)C(=O)Nc1ccc(COC(=O)NCOCCn2cnc(-c3ccc(F)c(Cl)c3)c2-c2ccc3ncc(C#N)n3n2)cc1. The Labute approximate surface area is 568 Å². The average molecular weight is 1370 g/mol. The van der Waals surface area contributed by atoms with Gasteiger partial charge in [0.15, 0.2) is 11.3 Å². The summed E-state index contributed by atoms with van der Waals surface area (Å²) in [6.45, 7) is 2.30. The Morgan fingerprint density at radius 3 is 1.95 bits per heavy atom. The number of fused-ring (bicyclic) bond motifs is 1. The van der Waals surface area contributed by atoms with Crippen LogP contribution in [0.4, 0.5) is 14.9 Å². The Bertz CT molecular complexity index is 3420. The molecule has 4 atom stereocenters. The van der Waals surface area contributed by atoms with E-state index in [9.17, 15) is 63.0 Å². The third-order valence-corrected chi connectivity index (χ3v) is 16.0. The third-order valence-electron chi connectivity index (χ3n) is 15.7. The van der Waals surface area contributed by atoms with Crippen molar-refractivity contribution in [2.24, 2.45) is 11.7 Å². The predicted molar refractivity (Wildman–Crippen MR) is 357 cm³/mol. The fraction of sp³-hybridized carbons (Fsp3) is 0.537. The quantitative estimate of drug-likeness (QED) is 0.0136. The number of amides is 7. The number of imidazole rings is 2. The van der Waals surface area contributed by atoms with Crippen LogP contribution in [-0.4, -0.2) is 150 Å². The predicted octanol–water partition coefficient (Wildman–Crippen LogP) is 7.18. The molecule has 2 aromatic carbocycles. The van der Waals surface area contributed by atoms with Gasteiger partial charge in [0.05, 0.1) is 48.7 Å². The first-order valence-electron chi connectivity index (χ1n) is 33.1. The highest BCUT2D eigenvalue weighted by atomic mass is 35.5. The number of aliphatic hydroxyl groups excluding tert-OH is 1. The van der Waals surface area contributed by atoms with Crippen molar-refractivity contribution in [2.75, 3.05) is 38.4 Å². The highest BCUT2D eigenvalue weighted by Gasteiger charge is 2.30. The average Bonchev–Trinajstić information content (AvgIpc) is 1.66. The van der Waals surface area contributed by atoms with Gasteiger partial charge in [0.1, 0.15) is 55.1 Å². The van der Waals surface area contributed by atoms with Gasteiger partial charge in [0, 0.05) is 37.1 Å². The van der Waals surface area contributed by atoms with Crippen molar-refractivity contribution >= 4 is 76.4 Å². The third kappa shape index (κ3) is 28.6. The van der Waals surface area contributed by atoms with Crippen LogP contribution in [0.25, 0.3) is 28.3 Å². The van der Waals surface area contributed by atoms with Crippen LogP contribution in [-0.2, 0) is 61.0 Å². The molecule has 0 bridgehead atoms. The van der Waals surface area contributed by atoms with Crippen LogP contribution < -0.4 is 43.0 Å². The van der Waals surface area contributed by atoms with Gasteiger partial charge in [0.2, 0.25) is 35.4 Å². The standard InChI is InChI=1S/C67H92ClFN14O14/c1-44(2)35-54(79-58(86)31-29-53(66(93)94)78-57(85)20-15-13-11-9-7-5-3-4-6-8-10-12-14-16-21-60(88)89)65(92)80-55(40-84)63(90)73-39-59(87)77-52(19-17-18-32-70)64(91)76-47-25-22-45(23-26-47)41-97-67(95)75-43-96-34-33-82-42-74-61(46-24-27-50(69)49(68)36-46)62(82)51-28-30-56-72-38-48(37-71)83(56)81-51/h22-28,30,36,38,42,44,52-55,84H,3-21,29,31-35,39-41,43,70H2,1-2H3,(H,73,90)(H,75,95)(H,76,91)(H,77,87)(H,78,85)(H,79,86)(H,80,92)(H,88,89)(H,93,94)/t52-,53-,54-,55-/m0/s1. The number of halogens is 2. The van der Waals surface area contributed by atoms with Crippen molar-refractivity contribution < 1.29 is 72.3 Å². The van der Waals surface area contributed by atoms with Crippen LogP contribution in [0, 0.1) is 23.1 Å². The van der Waals surface area contributed by atoms with E-state index < -0.39 is 96.6 Å². The Morgan fingerprint density at radius 2 is 1.33 bits per heavy atom. The lowest BCUT2D eigenvalue weighted by atomic mass is 10.0. The van der Waals surface area contributed by atoms with Crippen LogP contribution in [0.1, 0.15) is 166 Å². The van der Waals surface area contributed by atoms with Crippen LogP contribution in [0.15, 0.2) is 67.1 Å². The van der Waals surface area contributed by atoms with Crippen molar-refractivity contribution in [1.82, 2.24) is 56.0 Å². The highest BCUT2D eigenvalue weighted by molar-refractivity contribution is 6.31. The second-order valence-electron chi connectivity index (χ2n) is 24.0. The van der Waals surface area contributed by atoms with Crippen LogP contribution in [0.5, 0.6) is 0 Å². The molecule has 5 rings (SSSR count). The number of unbranched alkanes of at least 4 members (excludes halogenated alkanes) is 14. The van der Waals surface area contributed by atoms with Gasteiger partial charge in [-0.15, -0.1) is 0 Å². The molecule has 28 nitrogen and oxygen atoms in total. The minimum Gasteiger partial charge on any atom is -0.481 e. The molecular weight excluding hydrogens is 1280 g/mol. The molecule has 0 fully saturated rings. The number of ether oxygens (including phenoxy) is 2. The molecule has 5 aromatic rings. The van der Waals surface area contributed by atoms with Gasteiger partial charge in [-0.3, -0.25) is 38.9 Å². The zero-order valence-electron chi connectivity index (χ0n) is 55.1. The number of hydrogen-bond acceptors (Lipinski definition) is 17. The maximum Gasteiger partial charge on any atom is 0.409 e. The maximum atomic E-state index is 14.1. The highest BCUT2D eigenvalue weighted by Crippen LogP contribution is 2.33. The Kier molecular flexibility index (Phi) is 35.0. The topological polar surface area (TPSA) is 415 Å². The molecule has 528 valence electrons. The molecule has 0 aliphatic heterocycles. The van der Waals surface area contributed by atoms with E-state index in [1.807, 2.05) is 0 Å². The number of nitrogens with zero attached hydrogens (tertiary/aromatic N) is 6. The van der Waals surface area contributed by atoms with Gasteiger partial charge >= 0.3 is 18.0 Å². The fourth-order valence-corrected chi connectivity index (χ4v) is 10.6. The summed E-state index contributed by atoms with van der Waals surface area (Å²) in [6, 6.07) is 10.8. The maximum absolute atomic E-state index is 14.1. The first-order chi connectivity index (χ1) is 46.7. The van der Waals surface area contributed by atoms with Crippen molar-refractivity contribution in [3.63, 3.8) is 0 Å². The van der Waals surface area contributed by atoms with E-state index in [4.69, 9.17) is 31.9 Å². The summed E-state index contributed by atoms with van der Waals surface area (Å²) in [6.07, 6.45) is 17.4. The first-order valence-corrected chi connectivity index (χ1v) is 33.4. The van der Waals surface area contributed by atoms with E-state index in [1.54, 1.807) is 61.1 Å². The van der Waals surface area contributed by atoms with Crippen molar-refractivity contribution in [1.29, 1.82) is 5.26 Å². The molecule has 0 radical (unpaired) electrons. The van der Waals surface area contributed by atoms with Gasteiger partial charge in [-0.25, -0.2) is 28.5 Å². The molecule has 12 N–H and O–H groups in total. The number of aliphatic carboxylic acids is 2. The molecule has 30 heteroatoms. The number of anilines is 1. The summed E-state index contributed by atoms with van der Waals surface area (Å²) >= 11 is 6.12. The molecule has 97 heavy (non-hydrogen) atoms. The number of hydrogen-bond donors (Lipinski definition) is 11. The number of rotatable bonds is 47. The van der Waals surface area contributed by atoms with Crippen LogP contribution in [0.3, 0.4) is 0 Å². The summed E-state index contributed by atoms with van der Waals surface area (Å²) < 4.78 is 28.3. The monoisotopic (exact) mass is 1370 g/mol. The number of aliphatic hydroxyl groups is 1. The summed E-state index contributed by atoms with van der Waals surface area (Å²) in [5.74, 6) is -7.09. The van der Waals surface area contributed by atoms with E-state index in [2.05, 4.69) is 58.4 Å². The van der Waals surface area contributed by atoms with Gasteiger partial charge < -0.3 is 67.0 Å². The summed E-state index contributed by atoms with van der Waals surface area (Å²) in [5.41, 5.74) is 9.17. The van der Waals surface area contributed by atoms with Crippen LogP contribution >= 0.6 is 11.6 Å². The first kappa shape index (κ1) is 78.6. The Morgan fingerprint density at radius 1 is 0.691 bits per heavy atom. The number of alkyl carbamates (subject to hydrolysis) is 1. The normalized spacial score (nSPS) is 12.4. The summed E-state index contributed by atoms with van der Waals surface area (Å²) in [7, 11) is 0. The second-order valence-corrected chi connectivity index (χ2v) is 24.4. The number of benzene rings is 2. The molecule has 3 heterocycles. The lowest BCUT2D eigenvalue weighted by Gasteiger charge is -2.24. The molecule has 0 spiro atoms. The minimum absolute atomic E-state index is 0.0886. The molecule has 0 saturated carbocycles. The molecule has 0 aliphatic carbocycles. The second kappa shape index (κ2) is 43.1. The van der Waals surface area contributed by atoms with Crippen molar-refractivity contribution in [3.05, 3.63) is 89.2 Å². The van der Waals surface area contributed by atoms with Gasteiger partial charge in [-0.1, -0.05) is 115 Å². The summed E-state index contributed by atoms with van der Waals surface area (Å²) in [5, 5.41) is 60.5. The lowest BCUT2D eigenvalue weighted by molar-refractivity contribution is -0.142. The molecule has 0 aliphatic rings. The smallest absolute Gasteiger partial charge is 0.409 e. The zero-order chi connectivity index (χ0) is 70.5. The fourth-order valence-electron chi connectivity index (χ4n) is 10.4. The number of nitrogens with one attached hydrogen (secondary N) is 7. The zero-order valence-corrected chi connectivity index (χ0v) is 55.8. The number of carbonyl (C=O) groups excluding carboxylic acids is 7. The molecule has 7 amide bonds. The Balaban J connectivity index is 0.994. The van der Waals surface area contributed by atoms with E-state index in [0.29, 0.717) is 65.4 Å². The minimum atomic E-state index is -1.56. The van der Waals surface area contributed by atoms with E-state index in [-0.39, 0.29) is 81.6 Å².